The average molecular weight is 214 g/mol. The summed E-state index contributed by atoms with van der Waals surface area (Å²) in [5, 5.41) is 9.22. The van der Waals surface area contributed by atoms with Gasteiger partial charge in [-0.3, -0.25) is 0 Å². The van der Waals surface area contributed by atoms with E-state index in [1.807, 2.05) is 6.92 Å². The van der Waals surface area contributed by atoms with E-state index in [1.165, 1.54) is 0 Å². The highest BCUT2D eigenvalue weighted by molar-refractivity contribution is 5.77. The molecule has 0 saturated heterocycles. The summed E-state index contributed by atoms with van der Waals surface area (Å²) in [6.45, 7) is 6.23. The van der Waals surface area contributed by atoms with Crippen molar-refractivity contribution in [1.82, 2.24) is 0 Å². The number of carboxylic acid groups (broad SMARTS) is 1. The number of ether oxygens (including phenoxy) is 1. The molecule has 1 fully saturated rings. The van der Waals surface area contributed by atoms with E-state index in [9.17, 15) is 9.90 Å². The van der Waals surface area contributed by atoms with E-state index in [-0.39, 0.29) is 6.10 Å². The lowest BCUT2D eigenvalue weighted by atomic mass is 10.0. The molecule has 0 bridgehead atoms. The second-order valence-corrected chi connectivity index (χ2v) is 5.06. The van der Waals surface area contributed by atoms with Crippen LogP contribution in [0.1, 0.15) is 52.9 Å². The van der Waals surface area contributed by atoms with E-state index in [4.69, 9.17) is 4.74 Å². The van der Waals surface area contributed by atoms with Gasteiger partial charge in [-0.2, -0.15) is 0 Å². The first kappa shape index (κ1) is 12.5. The van der Waals surface area contributed by atoms with Gasteiger partial charge in [0.25, 0.3) is 0 Å². The van der Waals surface area contributed by atoms with E-state index in [1.54, 1.807) is 0 Å². The normalized spacial score (nSPS) is 21.9. The summed E-state index contributed by atoms with van der Waals surface area (Å²) in [7, 11) is 0. The van der Waals surface area contributed by atoms with Crippen LogP contribution in [0.2, 0.25) is 0 Å². The van der Waals surface area contributed by atoms with Gasteiger partial charge in [0.05, 0.1) is 6.10 Å². The molecule has 1 unspecified atom stereocenters. The van der Waals surface area contributed by atoms with Crippen LogP contribution >= 0.6 is 0 Å². The summed E-state index contributed by atoms with van der Waals surface area (Å²) in [6.07, 6.45) is 4.26. The fraction of sp³-hybridized carbons (Fsp3) is 0.917. The molecule has 88 valence electrons. The van der Waals surface area contributed by atoms with Crippen molar-refractivity contribution >= 4 is 5.97 Å². The average Bonchev–Trinajstić information content (AvgIpc) is 2.52. The molecule has 1 saturated carbocycles. The standard InChI is InChI=1S/C12H22O3/c1-9(2)8-10(3)15-12(11(13)14)6-4-5-7-12/h9-10H,4-8H2,1-3H3,(H,13,14). The fourth-order valence-electron chi connectivity index (χ4n) is 2.43. The van der Waals surface area contributed by atoms with E-state index in [2.05, 4.69) is 13.8 Å². The highest BCUT2D eigenvalue weighted by atomic mass is 16.5. The van der Waals surface area contributed by atoms with Crippen molar-refractivity contribution < 1.29 is 14.6 Å². The first-order valence-corrected chi connectivity index (χ1v) is 5.87. The van der Waals surface area contributed by atoms with Gasteiger partial charge in [-0.1, -0.05) is 13.8 Å². The third kappa shape index (κ3) is 3.20. The zero-order chi connectivity index (χ0) is 11.5. The van der Waals surface area contributed by atoms with Crippen LogP contribution in [0, 0.1) is 5.92 Å². The Bertz CT molecular complexity index is 217. The van der Waals surface area contributed by atoms with Gasteiger partial charge in [0.15, 0.2) is 5.60 Å². The smallest absolute Gasteiger partial charge is 0.335 e. The van der Waals surface area contributed by atoms with Gasteiger partial charge in [-0.05, 0) is 44.9 Å². The summed E-state index contributed by atoms with van der Waals surface area (Å²) in [5.74, 6) is -0.233. The Hall–Kier alpha value is -0.570. The van der Waals surface area contributed by atoms with Crippen molar-refractivity contribution in [3.8, 4) is 0 Å². The molecule has 0 aromatic carbocycles. The SMILES string of the molecule is CC(C)CC(C)OC1(C(=O)O)CCCC1. The second kappa shape index (κ2) is 4.97. The molecule has 0 heterocycles. The van der Waals surface area contributed by atoms with E-state index in [0.29, 0.717) is 18.8 Å². The molecule has 1 N–H and O–H groups in total. The Kier molecular flexibility index (Phi) is 4.14. The lowest BCUT2D eigenvalue weighted by molar-refractivity contribution is -0.173. The molecule has 3 nitrogen and oxygen atoms in total. The molecule has 0 aromatic rings. The number of carbonyl (C=O) groups is 1. The number of carboxylic acids is 1. The lowest BCUT2D eigenvalue weighted by Gasteiger charge is -2.29. The molecule has 15 heavy (non-hydrogen) atoms. The van der Waals surface area contributed by atoms with E-state index < -0.39 is 11.6 Å². The van der Waals surface area contributed by atoms with Crippen molar-refractivity contribution in [3.63, 3.8) is 0 Å². The van der Waals surface area contributed by atoms with Crippen LogP contribution in [-0.4, -0.2) is 22.8 Å². The molecule has 1 aliphatic carbocycles. The van der Waals surface area contributed by atoms with Crippen molar-refractivity contribution in [2.45, 2.75) is 64.6 Å². The number of rotatable bonds is 5. The molecule has 1 aliphatic rings. The summed E-state index contributed by atoms with van der Waals surface area (Å²) >= 11 is 0. The summed E-state index contributed by atoms with van der Waals surface area (Å²) < 4.78 is 5.77. The molecule has 0 aromatic heterocycles. The van der Waals surface area contributed by atoms with Crippen molar-refractivity contribution in [1.29, 1.82) is 0 Å². The van der Waals surface area contributed by atoms with Crippen LogP contribution in [0.3, 0.4) is 0 Å². The number of hydrogen-bond acceptors (Lipinski definition) is 2. The third-order valence-electron chi connectivity index (χ3n) is 3.03. The van der Waals surface area contributed by atoms with E-state index in [0.717, 1.165) is 19.3 Å². The molecule has 0 aliphatic heterocycles. The van der Waals surface area contributed by atoms with Gasteiger partial charge in [0.1, 0.15) is 0 Å². The maximum atomic E-state index is 11.2. The third-order valence-corrected chi connectivity index (χ3v) is 3.03. The van der Waals surface area contributed by atoms with Gasteiger partial charge >= 0.3 is 5.97 Å². The van der Waals surface area contributed by atoms with Crippen molar-refractivity contribution in [2.75, 3.05) is 0 Å². The number of hydrogen-bond donors (Lipinski definition) is 1. The van der Waals surface area contributed by atoms with Crippen molar-refractivity contribution in [2.24, 2.45) is 5.92 Å². The van der Waals surface area contributed by atoms with Crippen LogP contribution in [0.15, 0.2) is 0 Å². The first-order chi connectivity index (χ1) is 6.96. The first-order valence-electron chi connectivity index (χ1n) is 5.87. The lowest BCUT2D eigenvalue weighted by Crippen LogP contribution is -2.41. The zero-order valence-corrected chi connectivity index (χ0v) is 9.95. The molecule has 1 atom stereocenters. The minimum absolute atomic E-state index is 0.0409. The molecule has 0 radical (unpaired) electrons. The Morgan fingerprint density at radius 3 is 2.27 bits per heavy atom. The Morgan fingerprint density at radius 2 is 1.87 bits per heavy atom. The Labute approximate surface area is 91.8 Å². The zero-order valence-electron chi connectivity index (χ0n) is 9.95. The molecular formula is C12H22O3. The number of aliphatic carboxylic acids is 1. The predicted molar refractivity (Wildman–Crippen MR) is 58.8 cm³/mol. The van der Waals surface area contributed by atoms with Gasteiger partial charge in [0, 0.05) is 0 Å². The van der Waals surface area contributed by atoms with Crippen molar-refractivity contribution in [3.05, 3.63) is 0 Å². The minimum atomic E-state index is -0.881. The Balaban J connectivity index is 2.55. The predicted octanol–water partition coefficient (Wildman–Crippen LogP) is 2.84. The molecule has 3 heteroatoms. The highest BCUT2D eigenvalue weighted by Crippen LogP contribution is 2.35. The van der Waals surface area contributed by atoms with Crippen LogP contribution < -0.4 is 0 Å². The second-order valence-electron chi connectivity index (χ2n) is 5.06. The fourth-order valence-corrected chi connectivity index (χ4v) is 2.43. The van der Waals surface area contributed by atoms with Gasteiger partial charge in [-0.15, -0.1) is 0 Å². The largest absolute Gasteiger partial charge is 0.479 e. The van der Waals surface area contributed by atoms with E-state index >= 15 is 0 Å². The van der Waals surface area contributed by atoms with Gasteiger partial charge < -0.3 is 9.84 Å². The van der Waals surface area contributed by atoms with Crippen LogP contribution in [0.25, 0.3) is 0 Å². The summed E-state index contributed by atoms with van der Waals surface area (Å²) in [4.78, 5) is 11.2. The molecule has 0 spiro atoms. The maximum Gasteiger partial charge on any atom is 0.335 e. The van der Waals surface area contributed by atoms with Crippen LogP contribution in [0.5, 0.6) is 0 Å². The maximum absolute atomic E-state index is 11.2. The Morgan fingerprint density at radius 1 is 1.33 bits per heavy atom. The highest BCUT2D eigenvalue weighted by Gasteiger charge is 2.43. The van der Waals surface area contributed by atoms with Gasteiger partial charge in [-0.25, -0.2) is 4.79 Å². The molecular weight excluding hydrogens is 192 g/mol. The summed E-state index contributed by atoms with van der Waals surface area (Å²) in [5.41, 5.74) is -0.881. The summed E-state index contributed by atoms with van der Waals surface area (Å²) in [6, 6.07) is 0. The monoisotopic (exact) mass is 214 g/mol. The van der Waals surface area contributed by atoms with Gasteiger partial charge in [0.2, 0.25) is 0 Å². The quantitative estimate of drug-likeness (QED) is 0.765. The topological polar surface area (TPSA) is 46.5 Å². The van der Waals surface area contributed by atoms with Crippen LogP contribution in [0.4, 0.5) is 0 Å². The molecule has 1 rings (SSSR count). The van der Waals surface area contributed by atoms with Crippen LogP contribution in [-0.2, 0) is 9.53 Å². The molecule has 0 amide bonds. The minimum Gasteiger partial charge on any atom is -0.479 e.